The first-order chi connectivity index (χ1) is 7.76. The third kappa shape index (κ3) is 3.42. The number of carboxylic acids is 1. The molecule has 0 bridgehead atoms. The normalized spacial score (nSPS) is 24.9. The lowest BCUT2D eigenvalue weighted by Gasteiger charge is -2.15. The van der Waals surface area contributed by atoms with Gasteiger partial charge in [-0.1, -0.05) is 13.8 Å². The van der Waals surface area contributed by atoms with E-state index >= 15 is 0 Å². The quantitative estimate of drug-likeness (QED) is 0.745. The Morgan fingerprint density at radius 2 is 1.94 bits per heavy atom. The van der Waals surface area contributed by atoms with Crippen LogP contribution in [-0.4, -0.2) is 54.9 Å². The first kappa shape index (κ1) is 14.0. The zero-order valence-corrected chi connectivity index (χ0v) is 10.7. The highest BCUT2D eigenvalue weighted by molar-refractivity contribution is 7.92. The van der Waals surface area contributed by atoms with Crippen molar-refractivity contribution in [2.24, 2.45) is 11.8 Å². The van der Waals surface area contributed by atoms with Crippen LogP contribution >= 0.6 is 0 Å². The number of carbonyl (C=O) groups is 2. The molecule has 0 aromatic heterocycles. The Hall–Kier alpha value is -1.11. The fourth-order valence-corrected chi connectivity index (χ4v) is 2.64. The first-order valence-electron chi connectivity index (χ1n) is 5.48. The standard InChI is InChI=1S/C10H17NO5S/c1-3-17(15,16)6-9(12)11-4-7(2)8(5-11)10(13)14/h7-8H,3-6H2,1-2H3,(H,13,14)/t7-,8-/m1/s1. The van der Waals surface area contributed by atoms with E-state index in [1.165, 1.54) is 11.8 Å². The van der Waals surface area contributed by atoms with Crippen molar-refractivity contribution in [2.45, 2.75) is 13.8 Å². The van der Waals surface area contributed by atoms with Crippen molar-refractivity contribution in [3.63, 3.8) is 0 Å². The molecule has 1 N–H and O–H groups in total. The predicted octanol–water partition coefficient (Wildman–Crippen LogP) is -0.400. The number of hydrogen-bond donors (Lipinski definition) is 1. The molecule has 1 aliphatic heterocycles. The number of rotatable bonds is 4. The Morgan fingerprint density at radius 1 is 1.35 bits per heavy atom. The van der Waals surface area contributed by atoms with Gasteiger partial charge in [0.1, 0.15) is 5.75 Å². The van der Waals surface area contributed by atoms with Crippen LogP contribution in [0.2, 0.25) is 0 Å². The van der Waals surface area contributed by atoms with Crippen LogP contribution in [0.5, 0.6) is 0 Å². The van der Waals surface area contributed by atoms with Crippen LogP contribution in [0.15, 0.2) is 0 Å². The molecular weight excluding hydrogens is 246 g/mol. The molecule has 6 nitrogen and oxygen atoms in total. The number of aliphatic carboxylic acids is 1. The number of carboxylic acid groups (broad SMARTS) is 1. The van der Waals surface area contributed by atoms with Gasteiger partial charge in [-0.05, 0) is 5.92 Å². The maximum absolute atomic E-state index is 11.7. The summed E-state index contributed by atoms with van der Waals surface area (Å²) in [6.45, 7) is 3.65. The van der Waals surface area contributed by atoms with E-state index in [2.05, 4.69) is 0 Å². The molecule has 0 unspecified atom stereocenters. The Bertz CT molecular complexity index is 416. The van der Waals surface area contributed by atoms with Gasteiger partial charge in [0, 0.05) is 18.8 Å². The van der Waals surface area contributed by atoms with Crippen molar-refractivity contribution in [3.8, 4) is 0 Å². The van der Waals surface area contributed by atoms with Crippen LogP contribution < -0.4 is 0 Å². The van der Waals surface area contributed by atoms with Gasteiger partial charge >= 0.3 is 5.97 Å². The maximum atomic E-state index is 11.7. The zero-order valence-electron chi connectivity index (χ0n) is 9.92. The summed E-state index contributed by atoms with van der Waals surface area (Å²) < 4.78 is 22.6. The van der Waals surface area contributed by atoms with Crippen molar-refractivity contribution in [2.75, 3.05) is 24.6 Å². The van der Waals surface area contributed by atoms with E-state index < -0.39 is 33.4 Å². The number of sulfone groups is 1. The summed E-state index contributed by atoms with van der Waals surface area (Å²) in [4.78, 5) is 23.9. The lowest BCUT2D eigenvalue weighted by atomic mass is 9.99. The average molecular weight is 263 g/mol. The summed E-state index contributed by atoms with van der Waals surface area (Å²) in [5.74, 6) is -2.77. The van der Waals surface area contributed by atoms with Gasteiger partial charge < -0.3 is 10.0 Å². The summed E-state index contributed by atoms with van der Waals surface area (Å²) in [6, 6.07) is 0. The third-order valence-corrected chi connectivity index (χ3v) is 4.63. The number of amides is 1. The molecule has 7 heteroatoms. The minimum atomic E-state index is -3.35. The summed E-state index contributed by atoms with van der Waals surface area (Å²) in [7, 11) is -3.35. The number of likely N-dealkylation sites (tertiary alicyclic amines) is 1. The second-order valence-electron chi connectivity index (χ2n) is 4.40. The molecule has 1 fully saturated rings. The van der Waals surface area contributed by atoms with Gasteiger partial charge in [-0.3, -0.25) is 9.59 Å². The second kappa shape index (κ2) is 5.03. The van der Waals surface area contributed by atoms with Gasteiger partial charge in [0.05, 0.1) is 5.92 Å². The highest BCUT2D eigenvalue weighted by atomic mass is 32.2. The topological polar surface area (TPSA) is 91.8 Å². The van der Waals surface area contributed by atoms with Crippen LogP contribution in [0.1, 0.15) is 13.8 Å². The molecule has 0 aromatic rings. The Morgan fingerprint density at radius 3 is 2.35 bits per heavy atom. The highest BCUT2D eigenvalue weighted by Crippen LogP contribution is 2.23. The third-order valence-electron chi connectivity index (χ3n) is 3.07. The van der Waals surface area contributed by atoms with Gasteiger partial charge in [-0.2, -0.15) is 0 Å². The summed E-state index contributed by atoms with van der Waals surface area (Å²) in [6.07, 6.45) is 0. The number of nitrogens with zero attached hydrogens (tertiary/aromatic N) is 1. The average Bonchev–Trinajstić information content (AvgIpc) is 2.60. The fourth-order valence-electron chi connectivity index (χ4n) is 1.87. The highest BCUT2D eigenvalue weighted by Gasteiger charge is 2.37. The van der Waals surface area contributed by atoms with Crippen molar-refractivity contribution in [1.29, 1.82) is 0 Å². The molecule has 98 valence electrons. The number of carbonyl (C=O) groups excluding carboxylic acids is 1. The molecule has 1 aliphatic rings. The van der Waals surface area contributed by atoms with E-state index in [-0.39, 0.29) is 18.2 Å². The van der Waals surface area contributed by atoms with Gasteiger partial charge in [-0.25, -0.2) is 8.42 Å². The molecule has 0 radical (unpaired) electrons. The SMILES string of the molecule is CCS(=O)(=O)CC(=O)N1C[C@@H](C)[C@H](C(=O)O)C1. The molecule has 17 heavy (non-hydrogen) atoms. The monoisotopic (exact) mass is 263 g/mol. The minimum Gasteiger partial charge on any atom is -0.481 e. The molecule has 1 amide bonds. The largest absolute Gasteiger partial charge is 0.481 e. The Kier molecular flexibility index (Phi) is 4.13. The zero-order chi connectivity index (χ0) is 13.2. The van der Waals surface area contributed by atoms with Crippen LogP contribution in [0, 0.1) is 11.8 Å². The van der Waals surface area contributed by atoms with Gasteiger partial charge in [-0.15, -0.1) is 0 Å². The van der Waals surface area contributed by atoms with Crippen LogP contribution in [0.3, 0.4) is 0 Å². The minimum absolute atomic E-state index is 0.0789. The van der Waals surface area contributed by atoms with E-state index in [0.717, 1.165) is 0 Å². The molecule has 2 atom stereocenters. The molecule has 1 rings (SSSR count). The molecule has 0 aromatic carbocycles. The summed E-state index contributed by atoms with van der Waals surface area (Å²) in [5, 5.41) is 8.91. The predicted molar refractivity (Wildman–Crippen MR) is 61.2 cm³/mol. The van der Waals surface area contributed by atoms with Crippen molar-refractivity contribution >= 4 is 21.7 Å². The molecule has 1 saturated heterocycles. The van der Waals surface area contributed by atoms with E-state index in [1.807, 2.05) is 0 Å². The fraction of sp³-hybridized carbons (Fsp3) is 0.800. The van der Waals surface area contributed by atoms with Crippen LogP contribution in [-0.2, 0) is 19.4 Å². The second-order valence-corrected chi connectivity index (χ2v) is 6.75. The smallest absolute Gasteiger partial charge is 0.308 e. The molecule has 0 aliphatic carbocycles. The van der Waals surface area contributed by atoms with Crippen LogP contribution in [0.4, 0.5) is 0 Å². The van der Waals surface area contributed by atoms with Crippen molar-refractivity contribution in [1.82, 2.24) is 4.90 Å². The Labute approximate surface area is 101 Å². The molecule has 0 spiro atoms. The van der Waals surface area contributed by atoms with Gasteiger partial charge in [0.25, 0.3) is 0 Å². The van der Waals surface area contributed by atoms with E-state index in [4.69, 9.17) is 5.11 Å². The summed E-state index contributed by atoms with van der Waals surface area (Å²) in [5.41, 5.74) is 0. The van der Waals surface area contributed by atoms with Gasteiger partial charge in [0.15, 0.2) is 9.84 Å². The molecule has 0 saturated carbocycles. The van der Waals surface area contributed by atoms with Crippen molar-refractivity contribution in [3.05, 3.63) is 0 Å². The molecular formula is C10H17NO5S. The van der Waals surface area contributed by atoms with Gasteiger partial charge in [0.2, 0.25) is 5.91 Å². The Balaban J connectivity index is 2.65. The van der Waals surface area contributed by atoms with E-state index in [0.29, 0.717) is 6.54 Å². The van der Waals surface area contributed by atoms with Crippen LogP contribution in [0.25, 0.3) is 0 Å². The van der Waals surface area contributed by atoms with E-state index in [9.17, 15) is 18.0 Å². The molecule has 1 heterocycles. The summed E-state index contributed by atoms with van der Waals surface area (Å²) >= 11 is 0. The number of hydrogen-bond acceptors (Lipinski definition) is 4. The lowest BCUT2D eigenvalue weighted by molar-refractivity contribution is -0.142. The van der Waals surface area contributed by atoms with Crippen molar-refractivity contribution < 1.29 is 23.1 Å². The van der Waals surface area contributed by atoms with E-state index in [1.54, 1.807) is 6.92 Å². The lowest BCUT2D eigenvalue weighted by Crippen LogP contribution is -2.35. The maximum Gasteiger partial charge on any atom is 0.308 e. The first-order valence-corrected chi connectivity index (χ1v) is 7.30.